The van der Waals surface area contributed by atoms with E-state index in [-0.39, 0.29) is 29.7 Å². The van der Waals surface area contributed by atoms with Crippen LogP contribution in [0.3, 0.4) is 0 Å². The van der Waals surface area contributed by atoms with Crippen LogP contribution in [-0.4, -0.2) is 49.5 Å². The number of amides is 2. The summed E-state index contributed by atoms with van der Waals surface area (Å²) >= 11 is 0. The summed E-state index contributed by atoms with van der Waals surface area (Å²) in [5, 5.41) is 19.2. The number of nitrogens with one attached hydrogen (secondary N) is 3. The van der Waals surface area contributed by atoms with E-state index >= 15 is 0 Å². The fraction of sp³-hybridized carbons (Fsp3) is 0.136. The molecule has 2 aromatic heterocycles. The van der Waals surface area contributed by atoms with Gasteiger partial charge < -0.3 is 15.4 Å². The molecule has 2 aromatic carbocycles. The van der Waals surface area contributed by atoms with Gasteiger partial charge in [-0.3, -0.25) is 9.59 Å². The van der Waals surface area contributed by atoms with Gasteiger partial charge in [-0.25, -0.2) is 9.97 Å². The highest BCUT2D eigenvalue weighted by molar-refractivity contribution is 5.95. The Balaban J connectivity index is 1.33. The highest BCUT2D eigenvalue weighted by atomic mass is 16.5. The first kappa shape index (κ1) is 21.6. The van der Waals surface area contributed by atoms with Crippen molar-refractivity contribution in [2.45, 2.75) is 13.0 Å². The maximum Gasteiger partial charge on any atom is 0.270 e. The average molecular weight is 444 g/mol. The van der Waals surface area contributed by atoms with Crippen molar-refractivity contribution in [2.24, 2.45) is 0 Å². The lowest BCUT2D eigenvalue weighted by Crippen LogP contribution is -2.24. The Morgan fingerprint density at radius 2 is 1.88 bits per heavy atom. The van der Waals surface area contributed by atoms with Gasteiger partial charge in [0.05, 0.1) is 13.5 Å². The minimum Gasteiger partial charge on any atom is -0.497 e. The first-order valence-electron chi connectivity index (χ1n) is 9.96. The fourth-order valence-electron chi connectivity index (χ4n) is 3.03. The van der Waals surface area contributed by atoms with Crippen LogP contribution in [0.5, 0.6) is 5.75 Å². The number of tetrazole rings is 1. The molecule has 0 radical (unpaired) electrons. The molecule has 0 aliphatic heterocycles. The monoisotopic (exact) mass is 444 g/mol. The zero-order valence-electron chi connectivity index (χ0n) is 17.6. The van der Waals surface area contributed by atoms with Gasteiger partial charge in [0.25, 0.3) is 5.91 Å². The Kier molecular flexibility index (Phi) is 6.59. The summed E-state index contributed by atoms with van der Waals surface area (Å²) in [7, 11) is 1.58. The number of anilines is 1. The Morgan fingerprint density at radius 1 is 1.03 bits per heavy atom. The topological polar surface area (TPSA) is 148 Å². The number of methoxy groups -OCH3 is 1. The Bertz CT molecular complexity index is 1240. The molecule has 0 atom stereocenters. The van der Waals surface area contributed by atoms with Crippen LogP contribution in [-0.2, 0) is 17.8 Å². The number of ether oxygens (including phenoxy) is 1. The molecule has 0 saturated heterocycles. The van der Waals surface area contributed by atoms with E-state index in [0.29, 0.717) is 18.1 Å². The van der Waals surface area contributed by atoms with Gasteiger partial charge in [0, 0.05) is 18.2 Å². The predicted octanol–water partition coefficient (Wildman–Crippen LogP) is 1.78. The third kappa shape index (κ3) is 5.73. The van der Waals surface area contributed by atoms with Crippen molar-refractivity contribution in [1.29, 1.82) is 0 Å². The number of carbonyl (C=O) groups excluding carboxylic acids is 2. The Labute approximate surface area is 188 Å². The highest BCUT2D eigenvalue weighted by Gasteiger charge is 2.11. The van der Waals surface area contributed by atoms with Crippen LogP contribution in [0, 0.1) is 0 Å². The first-order valence-corrected chi connectivity index (χ1v) is 9.96. The zero-order valence-corrected chi connectivity index (χ0v) is 17.6. The van der Waals surface area contributed by atoms with E-state index in [9.17, 15) is 9.59 Å². The smallest absolute Gasteiger partial charge is 0.270 e. The summed E-state index contributed by atoms with van der Waals surface area (Å²) in [4.78, 5) is 32.9. The number of rotatable bonds is 8. The molecular formula is C22H20N8O3. The van der Waals surface area contributed by atoms with E-state index in [1.165, 1.54) is 12.4 Å². The van der Waals surface area contributed by atoms with Crippen LogP contribution < -0.4 is 15.4 Å². The maximum absolute atomic E-state index is 12.5. The zero-order chi connectivity index (χ0) is 23.0. The van der Waals surface area contributed by atoms with Gasteiger partial charge in [-0.2, -0.15) is 5.21 Å². The van der Waals surface area contributed by atoms with Crippen molar-refractivity contribution in [3.63, 3.8) is 0 Å². The van der Waals surface area contributed by atoms with E-state index in [4.69, 9.17) is 4.74 Å². The first-order chi connectivity index (χ1) is 16.1. The molecule has 3 N–H and O–H groups in total. The number of benzene rings is 2. The minimum atomic E-state index is -0.382. The second-order valence-corrected chi connectivity index (χ2v) is 6.98. The van der Waals surface area contributed by atoms with Gasteiger partial charge in [-0.15, -0.1) is 10.2 Å². The predicted molar refractivity (Wildman–Crippen MR) is 118 cm³/mol. The molecule has 4 rings (SSSR count). The van der Waals surface area contributed by atoms with Crippen LogP contribution in [0.15, 0.2) is 60.9 Å². The summed E-state index contributed by atoms with van der Waals surface area (Å²) < 4.78 is 5.18. The largest absolute Gasteiger partial charge is 0.497 e. The number of hydrogen-bond acceptors (Lipinski definition) is 8. The lowest BCUT2D eigenvalue weighted by atomic mass is 10.1. The maximum atomic E-state index is 12.5. The molecule has 2 heterocycles. The van der Waals surface area contributed by atoms with E-state index < -0.39 is 0 Å². The summed E-state index contributed by atoms with van der Waals surface area (Å²) in [6, 6.07) is 16.0. The van der Waals surface area contributed by atoms with Crippen molar-refractivity contribution in [3.05, 3.63) is 77.7 Å². The fourth-order valence-corrected chi connectivity index (χ4v) is 3.03. The molecule has 11 heteroatoms. The minimum absolute atomic E-state index is 0.133. The highest BCUT2D eigenvalue weighted by Crippen LogP contribution is 2.15. The van der Waals surface area contributed by atoms with E-state index in [2.05, 4.69) is 41.2 Å². The molecule has 0 unspecified atom stereocenters. The molecule has 0 saturated carbocycles. The van der Waals surface area contributed by atoms with Gasteiger partial charge in [-0.1, -0.05) is 36.4 Å². The number of aromatic amines is 1. The third-order valence-electron chi connectivity index (χ3n) is 4.68. The number of carbonyl (C=O) groups is 2. The van der Waals surface area contributed by atoms with Crippen LogP contribution in [0.1, 0.15) is 21.6 Å². The van der Waals surface area contributed by atoms with Gasteiger partial charge in [0.1, 0.15) is 23.6 Å². The van der Waals surface area contributed by atoms with E-state index in [1.54, 1.807) is 7.11 Å². The molecule has 2 amide bonds. The molecule has 0 fully saturated rings. The number of hydrogen-bond donors (Lipinski definition) is 3. The second kappa shape index (κ2) is 10.1. The van der Waals surface area contributed by atoms with Crippen molar-refractivity contribution in [3.8, 4) is 17.1 Å². The summed E-state index contributed by atoms with van der Waals surface area (Å²) in [5.41, 5.74) is 2.61. The molecule has 11 nitrogen and oxygen atoms in total. The molecule has 0 aliphatic rings. The normalized spacial score (nSPS) is 10.5. The standard InChI is InChI=1S/C22H20N8O3/c1-33-17-4-2-3-15(9-17)12-23-22(32)18-11-19(25-13-24-18)26-20(31)10-14-5-7-16(8-6-14)21-27-29-30-28-21/h2-9,11,13H,10,12H2,1H3,(H,23,32)(H,24,25,26,31)(H,27,28,29,30). The summed E-state index contributed by atoms with van der Waals surface area (Å²) in [6.07, 6.45) is 1.36. The van der Waals surface area contributed by atoms with Crippen LogP contribution in [0.25, 0.3) is 11.4 Å². The third-order valence-corrected chi connectivity index (χ3v) is 4.68. The number of H-pyrrole nitrogens is 1. The quantitative estimate of drug-likeness (QED) is 0.372. The van der Waals surface area contributed by atoms with Gasteiger partial charge in [-0.05, 0) is 28.5 Å². The molecule has 0 spiro atoms. The number of nitrogens with zero attached hydrogens (tertiary/aromatic N) is 5. The molecule has 0 bridgehead atoms. The second-order valence-electron chi connectivity index (χ2n) is 6.98. The SMILES string of the molecule is COc1cccc(CNC(=O)c2cc(NC(=O)Cc3ccc(-c4nn[nH]n4)cc3)ncn2)c1. The number of aromatic nitrogens is 6. The average Bonchev–Trinajstić information content (AvgIpc) is 3.38. The van der Waals surface area contributed by atoms with Crippen LogP contribution in [0.2, 0.25) is 0 Å². The van der Waals surface area contributed by atoms with Crippen molar-refractivity contribution >= 4 is 17.6 Å². The lowest BCUT2D eigenvalue weighted by molar-refractivity contribution is -0.115. The van der Waals surface area contributed by atoms with Gasteiger partial charge in [0.15, 0.2) is 0 Å². The lowest BCUT2D eigenvalue weighted by Gasteiger charge is -2.08. The Morgan fingerprint density at radius 3 is 2.64 bits per heavy atom. The van der Waals surface area contributed by atoms with Gasteiger partial charge >= 0.3 is 0 Å². The molecular weight excluding hydrogens is 424 g/mol. The summed E-state index contributed by atoms with van der Waals surface area (Å²) in [6.45, 7) is 0.307. The Hall–Kier alpha value is -4.67. The van der Waals surface area contributed by atoms with Crippen LogP contribution >= 0.6 is 0 Å². The molecule has 166 valence electrons. The van der Waals surface area contributed by atoms with Crippen LogP contribution in [0.4, 0.5) is 5.82 Å². The molecule has 4 aromatic rings. The van der Waals surface area contributed by atoms with Crippen molar-refractivity contribution in [1.82, 2.24) is 35.9 Å². The van der Waals surface area contributed by atoms with Gasteiger partial charge in [0.2, 0.25) is 11.7 Å². The van der Waals surface area contributed by atoms with Crippen molar-refractivity contribution in [2.75, 3.05) is 12.4 Å². The molecule has 33 heavy (non-hydrogen) atoms. The van der Waals surface area contributed by atoms with Crippen molar-refractivity contribution < 1.29 is 14.3 Å². The van der Waals surface area contributed by atoms with E-state index in [1.807, 2.05) is 48.5 Å². The summed E-state index contributed by atoms with van der Waals surface area (Å²) in [5.74, 6) is 0.768. The molecule has 0 aliphatic carbocycles. The van der Waals surface area contributed by atoms with E-state index in [0.717, 1.165) is 16.7 Å².